The molecular weight excluding hydrogens is 375 g/mol. The van der Waals surface area contributed by atoms with Crippen LogP contribution in [0.4, 0.5) is 15.8 Å². The second-order valence-electron chi connectivity index (χ2n) is 6.22. The zero-order valence-electron chi connectivity index (χ0n) is 15.1. The summed E-state index contributed by atoms with van der Waals surface area (Å²) in [7, 11) is 0. The number of fused-ring (bicyclic) bond motifs is 1. The Morgan fingerprint density at radius 3 is 2.55 bits per heavy atom. The van der Waals surface area contributed by atoms with Crippen molar-refractivity contribution in [3.63, 3.8) is 0 Å². The van der Waals surface area contributed by atoms with Gasteiger partial charge in [-0.1, -0.05) is 6.07 Å². The lowest BCUT2D eigenvalue weighted by atomic mass is 10.1. The van der Waals surface area contributed by atoms with Gasteiger partial charge in [0.15, 0.2) is 0 Å². The average Bonchev–Trinajstić information content (AvgIpc) is 2.74. The minimum atomic E-state index is -0.419. The molecule has 2 aromatic carbocycles. The first-order valence-corrected chi connectivity index (χ1v) is 8.73. The molecule has 7 nitrogen and oxygen atoms in total. The number of non-ortho nitro benzene ring substituents is 1. The van der Waals surface area contributed by atoms with E-state index in [0.717, 1.165) is 16.6 Å². The van der Waals surface area contributed by atoms with Crippen molar-refractivity contribution in [3.05, 3.63) is 94.7 Å². The molecule has 1 N–H and O–H groups in total. The number of rotatable bonds is 6. The van der Waals surface area contributed by atoms with E-state index in [1.54, 1.807) is 30.6 Å². The lowest BCUT2D eigenvalue weighted by Gasteiger charge is -2.10. The van der Waals surface area contributed by atoms with Crippen molar-refractivity contribution in [3.8, 4) is 11.6 Å². The van der Waals surface area contributed by atoms with E-state index in [4.69, 9.17) is 4.74 Å². The molecule has 4 aromatic rings. The van der Waals surface area contributed by atoms with Crippen LogP contribution in [0.2, 0.25) is 0 Å². The Bertz CT molecular complexity index is 1160. The maximum Gasteiger partial charge on any atom is 0.278 e. The molecule has 8 heteroatoms. The Morgan fingerprint density at radius 1 is 1.00 bits per heavy atom. The van der Waals surface area contributed by atoms with Crippen LogP contribution in [0, 0.1) is 15.9 Å². The first-order valence-electron chi connectivity index (χ1n) is 8.73. The zero-order valence-corrected chi connectivity index (χ0v) is 15.1. The van der Waals surface area contributed by atoms with Crippen LogP contribution < -0.4 is 10.1 Å². The van der Waals surface area contributed by atoms with Gasteiger partial charge in [0.05, 0.1) is 10.3 Å². The molecule has 0 fully saturated rings. The highest BCUT2D eigenvalue weighted by atomic mass is 19.1. The van der Waals surface area contributed by atoms with E-state index in [1.165, 1.54) is 36.5 Å². The highest BCUT2D eigenvalue weighted by molar-refractivity contribution is 5.99. The summed E-state index contributed by atoms with van der Waals surface area (Å²) in [5.41, 5.74) is 1.68. The Balaban J connectivity index is 1.47. The number of nitro groups is 1. The molecular formula is C21H15FN4O3. The molecule has 0 unspecified atom stereocenters. The number of halogens is 1. The number of nitro benzene ring substituents is 1. The maximum absolute atomic E-state index is 12.9. The SMILES string of the molecule is O=[N+]([O-])c1ccc(NCc2ccc(Oc3ccc(F)cc3)nc2)c2ccncc12. The fraction of sp³-hybridized carbons (Fsp3) is 0.0476. The molecule has 2 aromatic heterocycles. The number of hydrogen-bond acceptors (Lipinski definition) is 6. The number of nitrogens with zero attached hydrogens (tertiary/aromatic N) is 3. The van der Waals surface area contributed by atoms with Crippen molar-refractivity contribution in [2.45, 2.75) is 6.54 Å². The number of benzene rings is 2. The van der Waals surface area contributed by atoms with Gasteiger partial charge in [-0.3, -0.25) is 15.1 Å². The number of pyridine rings is 2. The van der Waals surface area contributed by atoms with Gasteiger partial charge in [-0.2, -0.15) is 0 Å². The van der Waals surface area contributed by atoms with Crippen LogP contribution >= 0.6 is 0 Å². The van der Waals surface area contributed by atoms with Gasteiger partial charge < -0.3 is 10.1 Å². The molecule has 0 aliphatic rings. The van der Waals surface area contributed by atoms with Gasteiger partial charge >= 0.3 is 0 Å². The number of nitrogens with one attached hydrogen (secondary N) is 1. The smallest absolute Gasteiger partial charge is 0.278 e. The predicted molar refractivity (Wildman–Crippen MR) is 106 cm³/mol. The molecule has 0 saturated carbocycles. The predicted octanol–water partition coefficient (Wildman–Crippen LogP) is 5.08. The first kappa shape index (κ1) is 18.3. The normalized spacial score (nSPS) is 10.7. The second kappa shape index (κ2) is 7.89. The van der Waals surface area contributed by atoms with Crippen LogP contribution in [0.25, 0.3) is 10.8 Å². The van der Waals surface area contributed by atoms with Crippen molar-refractivity contribution in [2.75, 3.05) is 5.32 Å². The molecule has 29 heavy (non-hydrogen) atoms. The molecule has 0 aliphatic carbocycles. The summed E-state index contributed by atoms with van der Waals surface area (Å²) >= 11 is 0. The first-order chi connectivity index (χ1) is 14.1. The number of aromatic nitrogens is 2. The summed E-state index contributed by atoms with van der Waals surface area (Å²) < 4.78 is 18.5. The minimum Gasteiger partial charge on any atom is -0.439 e. The standard InChI is InChI=1S/C21H15FN4O3/c22-15-2-4-16(5-3-15)29-21-8-1-14(12-25-21)11-24-19-6-7-20(26(27)28)18-13-23-10-9-17(18)19/h1-10,12-13,24H,11H2. The van der Waals surface area contributed by atoms with Gasteiger partial charge in [-0.15, -0.1) is 0 Å². The third-order valence-electron chi connectivity index (χ3n) is 4.31. The van der Waals surface area contributed by atoms with Gasteiger partial charge in [0.1, 0.15) is 11.6 Å². The fourth-order valence-corrected chi connectivity index (χ4v) is 2.89. The Labute approximate surface area is 165 Å². The van der Waals surface area contributed by atoms with Gasteiger partial charge in [-0.05, 0) is 42.0 Å². The van der Waals surface area contributed by atoms with E-state index in [-0.39, 0.29) is 11.5 Å². The Kier molecular flexibility index (Phi) is 4.98. The van der Waals surface area contributed by atoms with E-state index in [2.05, 4.69) is 15.3 Å². The van der Waals surface area contributed by atoms with Crippen LogP contribution in [-0.4, -0.2) is 14.9 Å². The highest BCUT2D eigenvalue weighted by Gasteiger charge is 2.14. The molecule has 0 bridgehead atoms. The highest BCUT2D eigenvalue weighted by Crippen LogP contribution is 2.31. The fourth-order valence-electron chi connectivity index (χ4n) is 2.89. The summed E-state index contributed by atoms with van der Waals surface area (Å²) in [5, 5.41) is 15.7. The van der Waals surface area contributed by atoms with E-state index < -0.39 is 4.92 Å². The number of hydrogen-bond donors (Lipinski definition) is 1. The maximum atomic E-state index is 12.9. The minimum absolute atomic E-state index is 0.0163. The summed E-state index contributed by atoms with van der Waals surface area (Å²) in [6.45, 7) is 0.471. The Hall–Kier alpha value is -4.07. The lowest BCUT2D eigenvalue weighted by Crippen LogP contribution is -2.02. The number of ether oxygens (including phenoxy) is 1. The molecule has 144 valence electrons. The van der Waals surface area contributed by atoms with Crippen LogP contribution in [0.1, 0.15) is 5.56 Å². The monoisotopic (exact) mass is 390 g/mol. The molecule has 0 saturated heterocycles. The molecule has 0 aliphatic heterocycles. The summed E-state index contributed by atoms with van der Waals surface area (Å²) in [4.78, 5) is 19.0. The van der Waals surface area contributed by atoms with Gasteiger partial charge in [0.2, 0.25) is 5.88 Å². The molecule has 0 atom stereocenters. The third kappa shape index (κ3) is 4.11. The largest absolute Gasteiger partial charge is 0.439 e. The van der Waals surface area contributed by atoms with Crippen LogP contribution in [0.15, 0.2) is 73.2 Å². The van der Waals surface area contributed by atoms with Gasteiger partial charge in [0.25, 0.3) is 5.69 Å². The molecule has 0 spiro atoms. The van der Waals surface area contributed by atoms with Gasteiger partial charge in [0, 0.05) is 48.3 Å². The van der Waals surface area contributed by atoms with E-state index in [1.807, 2.05) is 6.07 Å². The van der Waals surface area contributed by atoms with Crippen molar-refractivity contribution >= 4 is 22.1 Å². The lowest BCUT2D eigenvalue weighted by molar-refractivity contribution is -0.383. The summed E-state index contributed by atoms with van der Waals surface area (Å²) in [6, 6.07) is 14.1. The quantitative estimate of drug-likeness (QED) is 0.365. The number of anilines is 1. The zero-order chi connectivity index (χ0) is 20.2. The molecule has 2 heterocycles. The van der Waals surface area contributed by atoms with E-state index in [0.29, 0.717) is 23.6 Å². The second-order valence-corrected chi connectivity index (χ2v) is 6.22. The van der Waals surface area contributed by atoms with Crippen molar-refractivity contribution in [1.29, 1.82) is 0 Å². The Morgan fingerprint density at radius 2 is 1.83 bits per heavy atom. The van der Waals surface area contributed by atoms with Crippen LogP contribution in [-0.2, 0) is 6.54 Å². The van der Waals surface area contributed by atoms with Crippen LogP contribution in [0.5, 0.6) is 11.6 Å². The van der Waals surface area contributed by atoms with E-state index in [9.17, 15) is 14.5 Å². The van der Waals surface area contributed by atoms with Crippen molar-refractivity contribution in [1.82, 2.24) is 9.97 Å². The van der Waals surface area contributed by atoms with Crippen LogP contribution in [0.3, 0.4) is 0 Å². The topological polar surface area (TPSA) is 90.2 Å². The van der Waals surface area contributed by atoms with E-state index >= 15 is 0 Å². The molecule has 0 radical (unpaired) electrons. The average molecular weight is 390 g/mol. The van der Waals surface area contributed by atoms with Crippen molar-refractivity contribution in [2.24, 2.45) is 0 Å². The summed E-state index contributed by atoms with van der Waals surface area (Å²) in [6.07, 6.45) is 4.75. The third-order valence-corrected chi connectivity index (χ3v) is 4.31. The van der Waals surface area contributed by atoms with Gasteiger partial charge in [-0.25, -0.2) is 9.37 Å². The molecule has 0 amide bonds. The summed E-state index contributed by atoms with van der Waals surface area (Å²) in [5.74, 6) is 0.559. The van der Waals surface area contributed by atoms with Crippen molar-refractivity contribution < 1.29 is 14.1 Å². The molecule has 4 rings (SSSR count).